The molecule has 2 heteroatoms. The van der Waals surface area contributed by atoms with Gasteiger partial charge in [0.05, 0.1) is 16.7 Å². The van der Waals surface area contributed by atoms with Crippen molar-refractivity contribution in [2.75, 3.05) is 4.90 Å². The van der Waals surface area contributed by atoms with Gasteiger partial charge in [0.25, 0.3) is 0 Å². The second-order valence-electron chi connectivity index (χ2n) is 17.7. The Morgan fingerprint density at radius 1 is 0.250 bits per heavy atom. The fourth-order valence-corrected chi connectivity index (χ4v) is 10.5. The first kappa shape index (κ1) is 39.4. The van der Waals surface area contributed by atoms with Crippen LogP contribution in [0.2, 0.25) is 0 Å². The van der Waals surface area contributed by atoms with E-state index in [1.165, 1.54) is 87.5 Å². The summed E-state index contributed by atoms with van der Waals surface area (Å²) in [5.41, 5.74) is 16.3. The van der Waals surface area contributed by atoms with Crippen molar-refractivity contribution in [1.29, 1.82) is 0 Å². The van der Waals surface area contributed by atoms with E-state index in [1.807, 2.05) is 0 Å². The molecule has 0 unspecified atom stereocenters. The van der Waals surface area contributed by atoms with Gasteiger partial charge in [-0.3, -0.25) is 0 Å². The van der Waals surface area contributed by atoms with E-state index in [9.17, 15) is 0 Å². The quantitative estimate of drug-likeness (QED) is 0.148. The van der Waals surface area contributed by atoms with Gasteiger partial charge < -0.3 is 9.47 Å². The summed E-state index contributed by atoms with van der Waals surface area (Å²) in [5, 5.41) is 9.92. The van der Waals surface area contributed by atoms with E-state index < -0.39 is 0 Å². The fraction of sp³-hybridized carbons (Fsp3) is 0. The molecule has 0 N–H and O–H groups in total. The molecular weight excluding hydrogens is 821 g/mol. The monoisotopic (exact) mass is 864 g/mol. The molecule has 1 heterocycles. The molecule has 0 atom stereocenters. The van der Waals surface area contributed by atoms with E-state index in [1.54, 1.807) is 0 Å². The molecule has 0 aliphatic rings. The van der Waals surface area contributed by atoms with Gasteiger partial charge in [0.2, 0.25) is 0 Å². The van der Waals surface area contributed by atoms with E-state index in [4.69, 9.17) is 0 Å². The van der Waals surface area contributed by atoms with Crippen molar-refractivity contribution in [2.24, 2.45) is 0 Å². The largest absolute Gasteiger partial charge is 0.310 e. The SMILES string of the molecule is c1ccc(-c2ccc(-c3ccc(N(c4ccc(-c5ccc6ccccc6c5)cc4)c4cccc(-c5cccc6ccccc56)c4)cc3)c(-n3c4ccccc4c4ccc5ccccc5c43)c2)cc1. The van der Waals surface area contributed by atoms with Crippen LogP contribution in [0.4, 0.5) is 17.1 Å². The number of hydrogen-bond donors (Lipinski definition) is 0. The van der Waals surface area contributed by atoms with Crippen molar-refractivity contribution < 1.29 is 0 Å². The molecule has 0 bridgehead atoms. The summed E-state index contributed by atoms with van der Waals surface area (Å²) in [7, 11) is 0. The molecule has 318 valence electrons. The lowest BCUT2D eigenvalue weighted by atomic mass is 9.96. The van der Waals surface area contributed by atoms with Crippen molar-refractivity contribution in [3.8, 4) is 50.2 Å². The molecule has 0 aliphatic carbocycles. The number of fused-ring (bicyclic) bond motifs is 7. The minimum absolute atomic E-state index is 1.08. The van der Waals surface area contributed by atoms with Crippen LogP contribution in [-0.2, 0) is 0 Å². The Hall–Kier alpha value is -8.98. The standard InChI is InChI=1S/C66H44N2/c1-2-14-45(15-3-1)53-35-40-60(65(44-53)68-64-27-11-10-25-62(64)63-41-34-49-18-7-9-24-61(49)66(63)68)50-32-38-56(39-33-50)67(55-36-30-47(31-37-55)52-29-28-46-16-4-5-19-51(46)42-52)57-22-12-21-54(43-57)59-26-13-20-48-17-6-8-23-58(48)59/h1-44H. The summed E-state index contributed by atoms with van der Waals surface area (Å²) in [4.78, 5) is 2.39. The highest BCUT2D eigenvalue weighted by molar-refractivity contribution is 6.19. The van der Waals surface area contributed by atoms with Gasteiger partial charge in [0.15, 0.2) is 0 Å². The number of hydrogen-bond acceptors (Lipinski definition) is 1. The molecule has 1 aromatic heterocycles. The van der Waals surface area contributed by atoms with E-state index in [0.717, 1.165) is 33.9 Å². The number of rotatable bonds is 8. The van der Waals surface area contributed by atoms with Crippen molar-refractivity contribution in [1.82, 2.24) is 4.57 Å². The molecule has 68 heavy (non-hydrogen) atoms. The van der Waals surface area contributed by atoms with Crippen molar-refractivity contribution in [3.05, 3.63) is 267 Å². The Bertz CT molecular complexity index is 4010. The van der Waals surface area contributed by atoms with Gasteiger partial charge >= 0.3 is 0 Å². The Labute approximate surface area is 395 Å². The van der Waals surface area contributed by atoms with Gasteiger partial charge in [-0.25, -0.2) is 0 Å². The lowest BCUT2D eigenvalue weighted by molar-refractivity contribution is 1.19. The van der Waals surface area contributed by atoms with Crippen LogP contribution in [0.25, 0.3) is 104 Å². The molecule has 12 aromatic carbocycles. The lowest BCUT2D eigenvalue weighted by Gasteiger charge is -2.27. The summed E-state index contributed by atoms with van der Waals surface area (Å²) in [5.74, 6) is 0. The number of aromatic nitrogens is 1. The minimum Gasteiger partial charge on any atom is -0.310 e. The summed E-state index contributed by atoms with van der Waals surface area (Å²) >= 11 is 0. The molecule has 2 nitrogen and oxygen atoms in total. The van der Waals surface area contributed by atoms with Crippen LogP contribution in [-0.4, -0.2) is 4.57 Å². The Balaban J connectivity index is 0.972. The number of anilines is 3. The van der Waals surface area contributed by atoms with Gasteiger partial charge in [-0.1, -0.05) is 212 Å². The van der Waals surface area contributed by atoms with Gasteiger partial charge in [-0.2, -0.15) is 0 Å². The van der Waals surface area contributed by atoms with Crippen molar-refractivity contribution in [3.63, 3.8) is 0 Å². The maximum Gasteiger partial charge on any atom is 0.0619 e. The van der Waals surface area contributed by atoms with Crippen LogP contribution in [0, 0.1) is 0 Å². The normalized spacial score (nSPS) is 11.5. The Kier molecular flexibility index (Phi) is 9.54. The zero-order valence-electron chi connectivity index (χ0n) is 37.3. The number of nitrogens with zero attached hydrogens (tertiary/aromatic N) is 2. The molecule has 0 fully saturated rings. The maximum absolute atomic E-state index is 2.50. The highest BCUT2D eigenvalue weighted by atomic mass is 15.1. The molecule has 13 rings (SSSR count). The molecule has 0 saturated carbocycles. The van der Waals surface area contributed by atoms with Gasteiger partial charge in [-0.05, 0) is 120 Å². The second kappa shape index (κ2) is 16.5. The number of para-hydroxylation sites is 1. The first-order valence-electron chi connectivity index (χ1n) is 23.4. The topological polar surface area (TPSA) is 8.17 Å². The fourth-order valence-electron chi connectivity index (χ4n) is 10.5. The molecule has 0 aliphatic heterocycles. The third kappa shape index (κ3) is 6.82. The van der Waals surface area contributed by atoms with E-state index in [-0.39, 0.29) is 0 Å². The third-order valence-electron chi connectivity index (χ3n) is 13.8. The Morgan fingerprint density at radius 3 is 1.59 bits per heavy atom. The minimum atomic E-state index is 1.08. The van der Waals surface area contributed by atoms with Crippen LogP contribution in [0.5, 0.6) is 0 Å². The molecule has 0 amide bonds. The predicted octanol–water partition coefficient (Wildman–Crippen LogP) is 18.4. The summed E-state index contributed by atoms with van der Waals surface area (Å²) in [6.07, 6.45) is 0. The second-order valence-corrected chi connectivity index (χ2v) is 17.7. The van der Waals surface area contributed by atoms with Gasteiger partial charge in [0.1, 0.15) is 0 Å². The predicted molar refractivity (Wildman–Crippen MR) is 290 cm³/mol. The van der Waals surface area contributed by atoms with Crippen molar-refractivity contribution >= 4 is 71.2 Å². The zero-order valence-corrected chi connectivity index (χ0v) is 37.3. The van der Waals surface area contributed by atoms with Crippen LogP contribution >= 0.6 is 0 Å². The van der Waals surface area contributed by atoms with Crippen LogP contribution in [0.15, 0.2) is 267 Å². The molecule has 13 aromatic rings. The summed E-state index contributed by atoms with van der Waals surface area (Å²) in [6.45, 7) is 0. The van der Waals surface area contributed by atoms with Crippen molar-refractivity contribution in [2.45, 2.75) is 0 Å². The first-order chi connectivity index (χ1) is 33.7. The van der Waals surface area contributed by atoms with Crippen LogP contribution in [0.1, 0.15) is 0 Å². The van der Waals surface area contributed by atoms with Crippen LogP contribution < -0.4 is 4.90 Å². The highest BCUT2D eigenvalue weighted by Gasteiger charge is 2.20. The van der Waals surface area contributed by atoms with E-state index in [2.05, 4.69) is 276 Å². The van der Waals surface area contributed by atoms with Gasteiger partial charge in [-0.15, -0.1) is 0 Å². The number of benzene rings is 12. The average Bonchev–Trinajstić information content (AvgIpc) is 3.76. The Morgan fingerprint density at radius 2 is 0.794 bits per heavy atom. The van der Waals surface area contributed by atoms with E-state index in [0.29, 0.717) is 0 Å². The highest BCUT2D eigenvalue weighted by Crippen LogP contribution is 2.43. The summed E-state index contributed by atoms with van der Waals surface area (Å²) < 4.78 is 2.50. The zero-order chi connectivity index (χ0) is 45.0. The lowest BCUT2D eigenvalue weighted by Crippen LogP contribution is -2.10. The third-order valence-corrected chi connectivity index (χ3v) is 13.8. The van der Waals surface area contributed by atoms with Crippen LogP contribution in [0.3, 0.4) is 0 Å². The van der Waals surface area contributed by atoms with Gasteiger partial charge in [0, 0.05) is 38.8 Å². The molecule has 0 spiro atoms. The molecule has 0 radical (unpaired) electrons. The summed E-state index contributed by atoms with van der Waals surface area (Å²) in [6, 6.07) is 97.6. The molecule has 0 saturated heterocycles. The first-order valence-corrected chi connectivity index (χ1v) is 23.4. The van der Waals surface area contributed by atoms with E-state index >= 15 is 0 Å². The molecular formula is C66H44N2. The smallest absolute Gasteiger partial charge is 0.0619 e. The maximum atomic E-state index is 2.50. The average molecular weight is 865 g/mol.